The van der Waals surface area contributed by atoms with E-state index in [9.17, 15) is 4.79 Å². The first-order chi connectivity index (χ1) is 7.56. The number of aliphatic hydroxyl groups is 1. The second-order valence-corrected chi connectivity index (χ2v) is 3.48. The van der Waals surface area contributed by atoms with Crippen molar-refractivity contribution in [3.8, 4) is 5.75 Å². The molecule has 5 heteroatoms. The molecule has 0 fully saturated rings. The van der Waals surface area contributed by atoms with Gasteiger partial charge in [-0.3, -0.25) is 4.79 Å². The topological polar surface area (TPSA) is 84.6 Å². The summed E-state index contributed by atoms with van der Waals surface area (Å²) in [4.78, 5) is 11.7. The van der Waals surface area contributed by atoms with E-state index in [4.69, 9.17) is 15.6 Å². The highest BCUT2D eigenvalue weighted by atomic mass is 16.5. The van der Waals surface area contributed by atoms with E-state index in [0.717, 1.165) is 0 Å². The number of nitrogens with one attached hydrogen (secondary N) is 1. The number of benzene rings is 1. The van der Waals surface area contributed by atoms with Crippen molar-refractivity contribution in [2.75, 3.05) is 19.4 Å². The number of hydrogen-bond donors (Lipinski definition) is 3. The first kappa shape index (κ1) is 12.3. The van der Waals surface area contributed by atoms with E-state index in [1.54, 1.807) is 25.1 Å². The molecule has 0 radical (unpaired) electrons. The summed E-state index contributed by atoms with van der Waals surface area (Å²) in [5.41, 5.74) is 6.40. The highest BCUT2D eigenvalue weighted by Gasteiger charge is 2.12. The third kappa shape index (κ3) is 2.87. The molecule has 5 nitrogen and oxygen atoms in total. The molecule has 1 aromatic carbocycles. The van der Waals surface area contributed by atoms with Crippen molar-refractivity contribution < 1.29 is 14.6 Å². The number of carbonyl (C=O) groups excluding carboxylic acids is 1. The average molecular weight is 224 g/mol. The van der Waals surface area contributed by atoms with Crippen LogP contribution < -0.4 is 15.8 Å². The fraction of sp³-hybridized carbons (Fsp3) is 0.364. The van der Waals surface area contributed by atoms with Crippen molar-refractivity contribution in [1.82, 2.24) is 5.32 Å². The molecule has 0 aliphatic heterocycles. The highest BCUT2D eigenvalue weighted by molar-refractivity contribution is 6.00. The zero-order chi connectivity index (χ0) is 12.1. The molecular weight excluding hydrogens is 208 g/mol. The van der Waals surface area contributed by atoms with Crippen LogP contribution in [0.1, 0.15) is 17.3 Å². The van der Waals surface area contributed by atoms with Gasteiger partial charge in [0.1, 0.15) is 5.75 Å². The van der Waals surface area contributed by atoms with Gasteiger partial charge < -0.3 is 20.9 Å². The Balaban J connectivity index is 2.83. The summed E-state index contributed by atoms with van der Waals surface area (Å²) >= 11 is 0. The number of methoxy groups -OCH3 is 1. The number of amides is 1. The number of hydrogen-bond acceptors (Lipinski definition) is 4. The third-order valence-corrected chi connectivity index (χ3v) is 2.09. The van der Waals surface area contributed by atoms with Crippen molar-refractivity contribution in [3.05, 3.63) is 23.8 Å². The maximum absolute atomic E-state index is 11.7. The van der Waals surface area contributed by atoms with Gasteiger partial charge in [-0.05, 0) is 19.1 Å². The Morgan fingerprint density at radius 1 is 1.62 bits per heavy atom. The molecule has 4 N–H and O–H groups in total. The summed E-state index contributed by atoms with van der Waals surface area (Å²) in [6.45, 7) is 1.78. The van der Waals surface area contributed by atoms with Gasteiger partial charge in [0.05, 0.1) is 24.5 Å². The molecule has 0 bridgehead atoms. The second-order valence-electron chi connectivity index (χ2n) is 3.48. The van der Waals surface area contributed by atoms with E-state index in [1.807, 2.05) is 0 Å². The van der Waals surface area contributed by atoms with Gasteiger partial charge in [0, 0.05) is 6.54 Å². The van der Waals surface area contributed by atoms with Gasteiger partial charge in [0.2, 0.25) is 0 Å². The fourth-order valence-corrected chi connectivity index (χ4v) is 1.26. The molecule has 0 heterocycles. The van der Waals surface area contributed by atoms with Crippen LogP contribution in [-0.4, -0.2) is 30.8 Å². The predicted octanol–water partition coefficient (Wildman–Crippen LogP) is 0.388. The van der Waals surface area contributed by atoms with E-state index in [2.05, 4.69) is 5.32 Å². The number of aliphatic hydroxyl groups excluding tert-OH is 1. The quantitative estimate of drug-likeness (QED) is 0.646. The second kappa shape index (κ2) is 5.37. The minimum absolute atomic E-state index is 0.190. The summed E-state index contributed by atoms with van der Waals surface area (Å²) in [5.74, 6) is 0.141. The van der Waals surface area contributed by atoms with Gasteiger partial charge in [0.15, 0.2) is 0 Å². The first-order valence-electron chi connectivity index (χ1n) is 4.95. The standard InChI is InChI=1S/C11H16N2O3/c1-7(14)6-13-11(15)8-4-3-5-9(16-2)10(8)12/h3-5,7,14H,6,12H2,1-2H3,(H,13,15)/t7-/m0/s1. The summed E-state index contributed by atoms with van der Waals surface area (Å²) < 4.78 is 5.01. The molecule has 0 saturated heterocycles. The van der Waals surface area contributed by atoms with Crippen molar-refractivity contribution in [3.63, 3.8) is 0 Å². The van der Waals surface area contributed by atoms with Gasteiger partial charge in [-0.25, -0.2) is 0 Å². The third-order valence-electron chi connectivity index (χ3n) is 2.09. The Kier molecular flexibility index (Phi) is 4.13. The Morgan fingerprint density at radius 3 is 2.88 bits per heavy atom. The highest BCUT2D eigenvalue weighted by Crippen LogP contribution is 2.24. The molecule has 0 spiro atoms. The summed E-state index contributed by atoms with van der Waals surface area (Å²) in [7, 11) is 1.49. The molecule has 1 atom stereocenters. The zero-order valence-corrected chi connectivity index (χ0v) is 9.36. The molecule has 0 aliphatic rings. The van der Waals surface area contributed by atoms with Gasteiger partial charge in [0.25, 0.3) is 5.91 Å². The van der Waals surface area contributed by atoms with Crippen molar-refractivity contribution >= 4 is 11.6 Å². The summed E-state index contributed by atoms with van der Waals surface area (Å²) in [6.07, 6.45) is -0.587. The minimum Gasteiger partial charge on any atom is -0.495 e. The normalized spacial score (nSPS) is 11.9. The van der Waals surface area contributed by atoms with Crippen molar-refractivity contribution in [2.24, 2.45) is 0 Å². The molecular formula is C11H16N2O3. The van der Waals surface area contributed by atoms with Crippen molar-refractivity contribution in [1.29, 1.82) is 0 Å². The van der Waals surface area contributed by atoms with Crippen molar-refractivity contribution in [2.45, 2.75) is 13.0 Å². The lowest BCUT2D eigenvalue weighted by Crippen LogP contribution is -2.31. The number of rotatable bonds is 4. The Hall–Kier alpha value is -1.75. The fourth-order valence-electron chi connectivity index (χ4n) is 1.26. The van der Waals surface area contributed by atoms with Crippen LogP contribution in [0.3, 0.4) is 0 Å². The number of anilines is 1. The average Bonchev–Trinajstić information content (AvgIpc) is 2.26. The molecule has 1 rings (SSSR count). The molecule has 0 aliphatic carbocycles. The van der Waals surface area contributed by atoms with Gasteiger partial charge in [-0.1, -0.05) is 6.07 Å². The minimum atomic E-state index is -0.587. The van der Waals surface area contributed by atoms with Gasteiger partial charge >= 0.3 is 0 Å². The van der Waals surface area contributed by atoms with Gasteiger partial charge in [-0.2, -0.15) is 0 Å². The maximum atomic E-state index is 11.7. The van der Waals surface area contributed by atoms with Crippen LogP contribution in [0.2, 0.25) is 0 Å². The zero-order valence-electron chi connectivity index (χ0n) is 9.36. The molecule has 16 heavy (non-hydrogen) atoms. The maximum Gasteiger partial charge on any atom is 0.253 e. The number of nitrogens with two attached hydrogens (primary N) is 1. The number of ether oxygens (including phenoxy) is 1. The van der Waals surface area contributed by atoms with Crippen LogP contribution in [0.5, 0.6) is 5.75 Å². The molecule has 1 amide bonds. The van der Waals surface area contributed by atoms with E-state index in [0.29, 0.717) is 17.0 Å². The predicted molar refractivity (Wildman–Crippen MR) is 61.4 cm³/mol. The SMILES string of the molecule is COc1cccc(C(=O)NC[C@H](C)O)c1N. The lowest BCUT2D eigenvalue weighted by Gasteiger charge is -2.11. The molecule has 0 unspecified atom stereocenters. The number of nitrogen functional groups attached to an aromatic ring is 1. The lowest BCUT2D eigenvalue weighted by atomic mass is 10.1. The van der Waals surface area contributed by atoms with Crippen LogP contribution in [0.15, 0.2) is 18.2 Å². The summed E-state index contributed by atoms with van der Waals surface area (Å²) in [5, 5.41) is 11.6. The molecule has 0 aromatic heterocycles. The largest absolute Gasteiger partial charge is 0.495 e. The van der Waals surface area contributed by atoms with Crippen LogP contribution >= 0.6 is 0 Å². The van der Waals surface area contributed by atoms with Crippen LogP contribution in [0.25, 0.3) is 0 Å². The molecule has 88 valence electrons. The monoisotopic (exact) mass is 224 g/mol. The Bertz CT molecular complexity index is 377. The smallest absolute Gasteiger partial charge is 0.253 e. The Morgan fingerprint density at radius 2 is 2.31 bits per heavy atom. The molecule has 0 saturated carbocycles. The number of carbonyl (C=O) groups is 1. The summed E-state index contributed by atoms with van der Waals surface area (Å²) in [6, 6.07) is 4.97. The van der Waals surface area contributed by atoms with E-state index < -0.39 is 6.10 Å². The number of para-hydroxylation sites is 1. The van der Waals surface area contributed by atoms with Crippen LogP contribution in [-0.2, 0) is 0 Å². The first-order valence-corrected chi connectivity index (χ1v) is 4.95. The lowest BCUT2D eigenvalue weighted by molar-refractivity contribution is 0.0924. The van der Waals surface area contributed by atoms with E-state index >= 15 is 0 Å². The van der Waals surface area contributed by atoms with Crippen LogP contribution in [0, 0.1) is 0 Å². The Labute approximate surface area is 94.2 Å². The van der Waals surface area contributed by atoms with Gasteiger partial charge in [-0.15, -0.1) is 0 Å². The molecule has 1 aromatic rings. The van der Waals surface area contributed by atoms with Crippen LogP contribution in [0.4, 0.5) is 5.69 Å². The van der Waals surface area contributed by atoms with E-state index in [-0.39, 0.29) is 12.5 Å². The van der Waals surface area contributed by atoms with E-state index in [1.165, 1.54) is 7.11 Å².